The van der Waals surface area contributed by atoms with Crippen LogP contribution in [-0.4, -0.2) is 55.0 Å². The third-order valence-corrected chi connectivity index (χ3v) is 4.85. The number of piperazine rings is 1. The minimum atomic E-state index is -0.231. The zero-order chi connectivity index (χ0) is 13.7. The van der Waals surface area contributed by atoms with E-state index in [1.54, 1.807) is 0 Å². The Morgan fingerprint density at radius 2 is 1.74 bits per heavy atom. The molecule has 1 saturated heterocycles. The second-order valence-corrected chi connectivity index (χ2v) is 6.18. The molecule has 2 N–H and O–H groups in total. The minimum absolute atomic E-state index is 0.231. The molecule has 19 heavy (non-hydrogen) atoms. The van der Waals surface area contributed by atoms with E-state index in [2.05, 4.69) is 16.7 Å². The van der Waals surface area contributed by atoms with Gasteiger partial charge in [-0.3, -0.25) is 9.69 Å². The molecule has 110 valence electrons. The summed E-state index contributed by atoms with van der Waals surface area (Å²) in [6, 6.07) is 0. The van der Waals surface area contributed by atoms with Crippen molar-refractivity contribution >= 4 is 5.91 Å². The van der Waals surface area contributed by atoms with Gasteiger partial charge in [0.2, 0.25) is 5.91 Å². The van der Waals surface area contributed by atoms with E-state index in [9.17, 15) is 4.79 Å². The molecule has 1 saturated carbocycles. The summed E-state index contributed by atoms with van der Waals surface area (Å²) < 4.78 is 0. The topological polar surface area (TPSA) is 49.6 Å². The zero-order valence-corrected chi connectivity index (χ0v) is 12.4. The van der Waals surface area contributed by atoms with Crippen molar-refractivity contribution in [2.45, 2.75) is 45.4 Å². The van der Waals surface area contributed by atoms with E-state index in [0.717, 1.165) is 45.6 Å². The summed E-state index contributed by atoms with van der Waals surface area (Å²) in [5, 5.41) is 0. The van der Waals surface area contributed by atoms with Gasteiger partial charge in [-0.15, -0.1) is 0 Å². The Hall–Kier alpha value is -0.610. The SMILES string of the molecule is CCCN1CCN(C(=O)C2(CN)CCCCC2)CC1. The van der Waals surface area contributed by atoms with Gasteiger partial charge in [-0.25, -0.2) is 0 Å². The van der Waals surface area contributed by atoms with Gasteiger partial charge in [0.05, 0.1) is 5.41 Å². The van der Waals surface area contributed by atoms with E-state index in [1.165, 1.54) is 25.7 Å². The summed E-state index contributed by atoms with van der Waals surface area (Å²) in [7, 11) is 0. The fourth-order valence-corrected chi connectivity index (χ4v) is 3.56. The Morgan fingerprint density at radius 3 is 2.26 bits per heavy atom. The molecule has 2 aliphatic rings. The van der Waals surface area contributed by atoms with Crippen LogP contribution in [0.3, 0.4) is 0 Å². The van der Waals surface area contributed by atoms with Crippen molar-refractivity contribution in [3.63, 3.8) is 0 Å². The maximum Gasteiger partial charge on any atom is 0.230 e. The van der Waals surface area contributed by atoms with Gasteiger partial charge >= 0.3 is 0 Å². The molecule has 4 nitrogen and oxygen atoms in total. The molecule has 4 heteroatoms. The average Bonchev–Trinajstić information content (AvgIpc) is 2.48. The van der Waals surface area contributed by atoms with Gasteiger partial charge in [-0.1, -0.05) is 26.2 Å². The van der Waals surface area contributed by atoms with E-state index in [0.29, 0.717) is 12.5 Å². The van der Waals surface area contributed by atoms with Crippen LogP contribution in [0.2, 0.25) is 0 Å². The van der Waals surface area contributed by atoms with Crippen molar-refractivity contribution in [3.8, 4) is 0 Å². The lowest BCUT2D eigenvalue weighted by atomic mass is 9.73. The predicted molar refractivity (Wildman–Crippen MR) is 77.9 cm³/mol. The first-order valence-corrected chi connectivity index (χ1v) is 7.93. The van der Waals surface area contributed by atoms with Crippen molar-refractivity contribution in [1.29, 1.82) is 0 Å². The summed E-state index contributed by atoms with van der Waals surface area (Å²) in [6.45, 7) is 7.73. The quantitative estimate of drug-likeness (QED) is 0.839. The summed E-state index contributed by atoms with van der Waals surface area (Å²) in [6.07, 6.45) is 6.78. The minimum Gasteiger partial charge on any atom is -0.340 e. The molecule has 1 aliphatic heterocycles. The second kappa shape index (κ2) is 6.71. The molecular formula is C15H29N3O. The Morgan fingerprint density at radius 1 is 1.11 bits per heavy atom. The van der Waals surface area contributed by atoms with Crippen LogP contribution in [0.5, 0.6) is 0 Å². The first-order valence-electron chi connectivity index (χ1n) is 7.93. The largest absolute Gasteiger partial charge is 0.340 e. The fourth-order valence-electron chi connectivity index (χ4n) is 3.56. The number of nitrogens with zero attached hydrogens (tertiary/aromatic N) is 2. The smallest absolute Gasteiger partial charge is 0.230 e. The van der Waals surface area contributed by atoms with Crippen LogP contribution in [0.25, 0.3) is 0 Å². The standard InChI is InChI=1S/C15H29N3O/c1-2-8-17-9-11-18(12-10-17)14(19)15(13-16)6-4-3-5-7-15/h2-13,16H2,1H3. The van der Waals surface area contributed by atoms with Crippen molar-refractivity contribution in [1.82, 2.24) is 9.80 Å². The zero-order valence-electron chi connectivity index (χ0n) is 12.4. The normalized spacial score (nSPS) is 24.4. The predicted octanol–water partition coefficient (Wildman–Crippen LogP) is 1.45. The van der Waals surface area contributed by atoms with Gasteiger partial charge in [-0.2, -0.15) is 0 Å². The Bertz CT molecular complexity index is 292. The Balaban J connectivity index is 1.92. The van der Waals surface area contributed by atoms with Gasteiger partial charge in [0.15, 0.2) is 0 Å². The molecular weight excluding hydrogens is 238 g/mol. The van der Waals surface area contributed by atoms with Gasteiger partial charge in [0.1, 0.15) is 0 Å². The van der Waals surface area contributed by atoms with Crippen LogP contribution in [0, 0.1) is 5.41 Å². The first kappa shape index (κ1) is 14.8. The molecule has 0 spiro atoms. The number of hydrogen-bond acceptors (Lipinski definition) is 3. The first-order chi connectivity index (χ1) is 9.22. The molecule has 0 aromatic heterocycles. The van der Waals surface area contributed by atoms with Crippen molar-refractivity contribution < 1.29 is 4.79 Å². The van der Waals surface area contributed by atoms with E-state index >= 15 is 0 Å². The molecule has 0 atom stereocenters. The van der Waals surface area contributed by atoms with Crippen molar-refractivity contribution in [2.75, 3.05) is 39.3 Å². The lowest BCUT2D eigenvalue weighted by Gasteiger charge is -2.42. The van der Waals surface area contributed by atoms with Gasteiger partial charge < -0.3 is 10.6 Å². The van der Waals surface area contributed by atoms with Gasteiger partial charge in [0.25, 0.3) is 0 Å². The molecule has 0 aromatic carbocycles. The highest BCUT2D eigenvalue weighted by Gasteiger charge is 2.41. The van der Waals surface area contributed by atoms with E-state index in [-0.39, 0.29) is 5.41 Å². The number of carbonyl (C=O) groups excluding carboxylic acids is 1. The third-order valence-electron chi connectivity index (χ3n) is 4.85. The van der Waals surface area contributed by atoms with Crippen LogP contribution < -0.4 is 5.73 Å². The molecule has 1 heterocycles. The second-order valence-electron chi connectivity index (χ2n) is 6.18. The van der Waals surface area contributed by atoms with Crippen LogP contribution in [0.1, 0.15) is 45.4 Å². The number of carbonyl (C=O) groups is 1. The van der Waals surface area contributed by atoms with E-state index in [4.69, 9.17) is 5.73 Å². The summed E-state index contributed by atoms with van der Waals surface area (Å²) in [5.41, 5.74) is 5.73. The molecule has 2 fully saturated rings. The van der Waals surface area contributed by atoms with Crippen LogP contribution >= 0.6 is 0 Å². The molecule has 0 radical (unpaired) electrons. The highest BCUT2D eigenvalue weighted by molar-refractivity contribution is 5.83. The molecule has 1 aliphatic carbocycles. The number of nitrogens with two attached hydrogens (primary N) is 1. The summed E-state index contributed by atoms with van der Waals surface area (Å²) in [4.78, 5) is 17.3. The van der Waals surface area contributed by atoms with Gasteiger partial charge in [0, 0.05) is 32.7 Å². The average molecular weight is 267 g/mol. The summed E-state index contributed by atoms with van der Waals surface area (Å²) >= 11 is 0. The van der Waals surface area contributed by atoms with Crippen LogP contribution in [0.4, 0.5) is 0 Å². The number of rotatable bonds is 4. The Labute approximate surface area is 117 Å². The highest BCUT2D eigenvalue weighted by Crippen LogP contribution is 2.37. The Kier molecular flexibility index (Phi) is 5.22. The molecule has 0 aromatic rings. The highest BCUT2D eigenvalue weighted by atomic mass is 16.2. The summed E-state index contributed by atoms with van der Waals surface area (Å²) in [5.74, 6) is 0.339. The number of amides is 1. The molecule has 1 amide bonds. The maximum atomic E-state index is 12.8. The molecule has 0 unspecified atom stereocenters. The molecule has 0 bridgehead atoms. The van der Waals surface area contributed by atoms with Crippen LogP contribution in [-0.2, 0) is 4.79 Å². The maximum absolute atomic E-state index is 12.8. The van der Waals surface area contributed by atoms with Crippen LogP contribution in [0.15, 0.2) is 0 Å². The lowest BCUT2D eigenvalue weighted by molar-refractivity contribution is -0.145. The monoisotopic (exact) mass is 267 g/mol. The van der Waals surface area contributed by atoms with Gasteiger partial charge in [-0.05, 0) is 25.8 Å². The van der Waals surface area contributed by atoms with Crippen molar-refractivity contribution in [2.24, 2.45) is 11.1 Å². The number of hydrogen-bond donors (Lipinski definition) is 1. The lowest BCUT2D eigenvalue weighted by Crippen LogP contribution is -2.55. The third kappa shape index (κ3) is 3.29. The van der Waals surface area contributed by atoms with Crippen molar-refractivity contribution in [3.05, 3.63) is 0 Å². The van der Waals surface area contributed by atoms with E-state index in [1.807, 2.05) is 0 Å². The van der Waals surface area contributed by atoms with E-state index < -0.39 is 0 Å². The molecule has 2 rings (SSSR count). The fraction of sp³-hybridized carbons (Fsp3) is 0.933.